The molecule has 0 aliphatic rings. The van der Waals surface area contributed by atoms with E-state index in [4.69, 9.17) is 11.6 Å². The van der Waals surface area contributed by atoms with Gasteiger partial charge in [-0.25, -0.2) is 4.98 Å². The number of nitrogens with zero attached hydrogens (tertiary/aromatic N) is 3. The van der Waals surface area contributed by atoms with E-state index >= 15 is 0 Å². The van der Waals surface area contributed by atoms with Gasteiger partial charge < -0.3 is 19.9 Å². The average Bonchev–Trinajstić information content (AvgIpc) is 2.72. The Morgan fingerprint density at radius 2 is 1.90 bits per heavy atom. The van der Waals surface area contributed by atoms with Crippen LogP contribution in [0.3, 0.4) is 0 Å². The van der Waals surface area contributed by atoms with Crippen LogP contribution >= 0.6 is 11.6 Å². The van der Waals surface area contributed by atoms with Crippen LogP contribution in [0.15, 0.2) is 53.3 Å². The summed E-state index contributed by atoms with van der Waals surface area (Å²) in [6.07, 6.45) is -0.269. The highest BCUT2D eigenvalue weighted by molar-refractivity contribution is 6.31. The van der Waals surface area contributed by atoms with E-state index < -0.39 is 6.10 Å². The highest BCUT2D eigenvalue weighted by Gasteiger charge is 2.14. The van der Waals surface area contributed by atoms with Crippen molar-refractivity contribution in [3.8, 4) is 0 Å². The molecule has 1 atom stereocenters. The van der Waals surface area contributed by atoms with E-state index in [9.17, 15) is 14.7 Å². The van der Waals surface area contributed by atoms with Gasteiger partial charge in [-0.1, -0.05) is 41.9 Å². The molecule has 0 bridgehead atoms. The number of anilines is 1. The summed E-state index contributed by atoms with van der Waals surface area (Å²) in [6, 6.07) is 14.5. The second-order valence-corrected chi connectivity index (χ2v) is 7.61. The van der Waals surface area contributed by atoms with Crippen molar-refractivity contribution in [3.05, 3.63) is 69.5 Å². The molecule has 0 fully saturated rings. The molecule has 3 aromatic rings. The Kier molecular flexibility index (Phi) is 7.07. The van der Waals surface area contributed by atoms with Gasteiger partial charge in [-0.3, -0.25) is 9.59 Å². The fourth-order valence-electron chi connectivity index (χ4n) is 3.24. The van der Waals surface area contributed by atoms with Crippen LogP contribution in [0.2, 0.25) is 5.02 Å². The zero-order valence-electron chi connectivity index (χ0n) is 17.0. The van der Waals surface area contributed by atoms with E-state index in [0.717, 1.165) is 0 Å². The summed E-state index contributed by atoms with van der Waals surface area (Å²) < 4.78 is 1.58. The summed E-state index contributed by atoms with van der Waals surface area (Å²) in [5.74, 6) is 0.137. The molecule has 0 saturated carbocycles. The molecular weight excluding hydrogens is 404 g/mol. The number of nitrogens with one attached hydrogen (secondary N) is 1. The third-order valence-electron chi connectivity index (χ3n) is 4.83. The van der Waals surface area contributed by atoms with Crippen molar-refractivity contribution >= 4 is 34.4 Å². The zero-order chi connectivity index (χ0) is 21.7. The van der Waals surface area contributed by atoms with Gasteiger partial charge in [0.1, 0.15) is 0 Å². The molecular formula is C22H25ClN4O3. The minimum atomic E-state index is -0.756. The Balaban J connectivity index is 1.62. The Morgan fingerprint density at radius 1 is 1.20 bits per heavy atom. The van der Waals surface area contributed by atoms with Gasteiger partial charge in [-0.15, -0.1) is 0 Å². The molecule has 158 valence electrons. The Labute approximate surface area is 179 Å². The van der Waals surface area contributed by atoms with Crippen LogP contribution in [0.1, 0.15) is 24.5 Å². The van der Waals surface area contributed by atoms with Gasteiger partial charge in [0, 0.05) is 38.6 Å². The minimum absolute atomic E-state index is 0.142. The molecule has 2 N–H and O–H groups in total. The highest BCUT2D eigenvalue weighted by Crippen LogP contribution is 2.24. The smallest absolute Gasteiger partial charge is 0.293 e. The highest BCUT2D eigenvalue weighted by atomic mass is 35.5. The van der Waals surface area contributed by atoms with Crippen LogP contribution in [0.5, 0.6) is 0 Å². The van der Waals surface area contributed by atoms with E-state index in [2.05, 4.69) is 10.3 Å². The van der Waals surface area contributed by atoms with Crippen molar-refractivity contribution in [3.63, 3.8) is 0 Å². The van der Waals surface area contributed by atoms with E-state index in [1.165, 1.54) is 0 Å². The molecule has 0 saturated heterocycles. The van der Waals surface area contributed by atoms with Crippen molar-refractivity contribution in [2.24, 2.45) is 0 Å². The first kappa shape index (κ1) is 21.8. The van der Waals surface area contributed by atoms with Gasteiger partial charge in [0.05, 0.1) is 17.1 Å². The first-order chi connectivity index (χ1) is 14.4. The summed E-state index contributed by atoms with van der Waals surface area (Å²) in [5, 5.41) is 13.6. The van der Waals surface area contributed by atoms with E-state index in [1.807, 2.05) is 30.3 Å². The minimum Gasteiger partial charge on any atom is -0.388 e. The fourth-order valence-corrected chi connectivity index (χ4v) is 3.50. The number of aliphatic hydroxyl groups is 1. The van der Waals surface area contributed by atoms with Gasteiger partial charge in [-0.2, -0.15) is 0 Å². The van der Waals surface area contributed by atoms with Gasteiger partial charge in [0.15, 0.2) is 5.82 Å². The number of halogens is 1. The maximum absolute atomic E-state index is 12.8. The lowest BCUT2D eigenvalue weighted by Gasteiger charge is -2.16. The number of aliphatic hydroxyl groups excluding tert-OH is 1. The maximum Gasteiger partial charge on any atom is 0.293 e. The zero-order valence-corrected chi connectivity index (χ0v) is 17.8. The summed E-state index contributed by atoms with van der Waals surface area (Å²) in [5.41, 5.74) is 1.79. The Bertz CT molecular complexity index is 1100. The second-order valence-electron chi connectivity index (χ2n) is 7.20. The molecule has 0 radical (unpaired) electrons. The summed E-state index contributed by atoms with van der Waals surface area (Å²) in [6.45, 7) is 0.543. The monoisotopic (exact) mass is 428 g/mol. The molecule has 3 rings (SSSR count). The lowest BCUT2D eigenvalue weighted by Crippen LogP contribution is -2.32. The molecule has 2 aromatic carbocycles. The molecule has 8 heteroatoms. The predicted molar refractivity (Wildman–Crippen MR) is 119 cm³/mol. The lowest BCUT2D eigenvalue weighted by atomic mass is 10.1. The van der Waals surface area contributed by atoms with E-state index in [-0.39, 0.29) is 24.4 Å². The summed E-state index contributed by atoms with van der Waals surface area (Å²) in [7, 11) is 3.53. The Morgan fingerprint density at radius 3 is 2.63 bits per heavy atom. The van der Waals surface area contributed by atoms with Crippen molar-refractivity contribution in [2.75, 3.05) is 25.5 Å². The molecule has 1 aromatic heterocycles. The number of carbonyl (C=O) groups excluding carboxylic acids is 1. The van der Waals surface area contributed by atoms with Crippen LogP contribution in [-0.2, 0) is 11.3 Å². The lowest BCUT2D eigenvalue weighted by molar-refractivity contribution is -0.121. The number of benzene rings is 2. The number of aryl methyl sites for hydroxylation is 1. The topological polar surface area (TPSA) is 87.5 Å². The van der Waals surface area contributed by atoms with Crippen molar-refractivity contribution in [1.82, 2.24) is 14.9 Å². The number of hydrogen-bond donors (Lipinski definition) is 2. The first-order valence-corrected chi connectivity index (χ1v) is 10.1. The van der Waals surface area contributed by atoms with Crippen LogP contribution in [0.4, 0.5) is 5.82 Å². The largest absolute Gasteiger partial charge is 0.388 e. The number of para-hydroxylation sites is 2. The second kappa shape index (κ2) is 9.73. The quantitative estimate of drug-likeness (QED) is 0.576. The number of rotatable bonds is 8. The predicted octanol–water partition coefficient (Wildman–Crippen LogP) is 2.75. The molecule has 1 amide bonds. The van der Waals surface area contributed by atoms with Crippen molar-refractivity contribution in [2.45, 2.75) is 25.5 Å². The van der Waals surface area contributed by atoms with Gasteiger partial charge in [0.2, 0.25) is 5.91 Å². The molecule has 1 unspecified atom stereocenters. The molecule has 30 heavy (non-hydrogen) atoms. The molecule has 0 aliphatic carbocycles. The van der Waals surface area contributed by atoms with Crippen LogP contribution in [-0.4, -0.2) is 41.2 Å². The van der Waals surface area contributed by atoms with Crippen LogP contribution in [0, 0.1) is 0 Å². The Hall–Kier alpha value is -2.90. The number of aromatic nitrogens is 2. The number of fused-ring (bicyclic) bond motifs is 1. The molecule has 1 heterocycles. The van der Waals surface area contributed by atoms with Gasteiger partial charge in [0.25, 0.3) is 5.56 Å². The summed E-state index contributed by atoms with van der Waals surface area (Å²) >= 11 is 6.09. The number of hydrogen-bond acceptors (Lipinski definition) is 5. The average molecular weight is 429 g/mol. The van der Waals surface area contributed by atoms with Crippen LogP contribution < -0.4 is 15.8 Å². The third kappa shape index (κ3) is 4.98. The standard InChI is InChI=1S/C22H25ClN4O3/c1-26(2)21-22(30)27(18-10-6-5-9-17(18)25-21)14-12-20(29)24-13-11-19(28)15-7-3-4-8-16(15)23/h3-10,19,28H,11-14H2,1-2H3,(H,24,29). The van der Waals surface area contributed by atoms with Crippen LogP contribution in [0.25, 0.3) is 11.0 Å². The number of amides is 1. The number of carbonyl (C=O) groups is 1. The van der Waals surface area contributed by atoms with E-state index in [1.54, 1.807) is 41.8 Å². The van der Waals surface area contributed by atoms with Gasteiger partial charge in [-0.05, 0) is 30.2 Å². The first-order valence-electron chi connectivity index (χ1n) is 9.74. The van der Waals surface area contributed by atoms with Crippen molar-refractivity contribution in [1.29, 1.82) is 0 Å². The summed E-state index contributed by atoms with van der Waals surface area (Å²) in [4.78, 5) is 31.2. The normalized spacial score (nSPS) is 12.0. The third-order valence-corrected chi connectivity index (χ3v) is 5.17. The van der Waals surface area contributed by atoms with Gasteiger partial charge >= 0.3 is 0 Å². The molecule has 0 aliphatic heterocycles. The van der Waals surface area contributed by atoms with Crippen molar-refractivity contribution < 1.29 is 9.90 Å². The maximum atomic E-state index is 12.8. The van der Waals surface area contributed by atoms with E-state index in [0.29, 0.717) is 40.4 Å². The molecule has 0 spiro atoms. The fraction of sp³-hybridized carbons (Fsp3) is 0.318. The molecule has 7 nitrogen and oxygen atoms in total. The SMILES string of the molecule is CN(C)c1nc2ccccc2n(CCC(=O)NCCC(O)c2ccccc2Cl)c1=O.